The van der Waals surface area contributed by atoms with Crippen LogP contribution in [0, 0.1) is 23.0 Å². The Morgan fingerprint density at radius 1 is 1.29 bits per heavy atom. The first-order chi connectivity index (χ1) is 11.5. The van der Waals surface area contributed by atoms with Crippen LogP contribution in [0.25, 0.3) is 10.9 Å². The van der Waals surface area contributed by atoms with E-state index in [1.54, 1.807) is 0 Å². The Labute approximate surface area is 135 Å². The lowest BCUT2D eigenvalue weighted by Crippen LogP contribution is -2.14. The van der Waals surface area contributed by atoms with Crippen LogP contribution in [0.4, 0.5) is 8.78 Å². The predicted molar refractivity (Wildman–Crippen MR) is 82.7 cm³/mol. The first-order valence-corrected chi connectivity index (χ1v) is 6.94. The van der Waals surface area contributed by atoms with E-state index in [0.717, 1.165) is 6.07 Å². The van der Waals surface area contributed by atoms with Crippen LogP contribution in [-0.2, 0) is 6.54 Å². The molecule has 0 amide bonds. The highest BCUT2D eigenvalue weighted by Crippen LogP contribution is 2.23. The maximum atomic E-state index is 14.0. The maximum Gasteiger partial charge on any atom is 0.280 e. The normalized spacial score (nSPS) is 10.6. The molecule has 1 heterocycles. The fourth-order valence-electron chi connectivity index (χ4n) is 2.47. The second-order valence-electron chi connectivity index (χ2n) is 5.09. The molecule has 0 N–H and O–H groups in total. The van der Waals surface area contributed by atoms with E-state index in [4.69, 9.17) is 10.00 Å². The zero-order valence-electron chi connectivity index (χ0n) is 12.6. The standard InChI is InChI=1S/C17H11F2N3O2/c1-24-16-5-13-15(6-14(16)19)22(9-21-17(13)23)8-11-4-12(18)3-2-10(11)7-20/h2-6,9H,8H2,1H3. The summed E-state index contributed by atoms with van der Waals surface area (Å²) in [6, 6.07) is 8.18. The van der Waals surface area contributed by atoms with Crippen LogP contribution in [0.15, 0.2) is 41.5 Å². The quantitative estimate of drug-likeness (QED) is 0.741. The van der Waals surface area contributed by atoms with E-state index < -0.39 is 17.2 Å². The third kappa shape index (κ3) is 2.70. The second-order valence-corrected chi connectivity index (χ2v) is 5.09. The van der Waals surface area contributed by atoms with Crippen molar-refractivity contribution in [3.05, 3.63) is 69.8 Å². The first kappa shape index (κ1) is 15.6. The van der Waals surface area contributed by atoms with Gasteiger partial charge in [0.1, 0.15) is 5.82 Å². The van der Waals surface area contributed by atoms with E-state index in [9.17, 15) is 13.6 Å². The molecular formula is C17H11F2N3O2. The molecule has 0 radical (unpaired) electrons. The number of rotatable bonds is 3. The zero-order valence-corrected chi connectivity index (χ0v) is 12.6. The van der Waals surface area contributed by atoms with Crippen molar-refractivity contribution < 1.29 is 13.5 Å². The van der Waals surface area contributed by atoms with Crippen LogP contribution in [0.2, 0.25) is 0 Å². The van der Waals surface area contributed by atoms with Gasteiger partial charge in [0.15, 0.2) is 11.6 Å². The molecule has 0 fully saturated rings. The van der Waals surface area contributed by atoms with Crippen LogP contribution in [0.1, 0.15) is 11.1 Å². The summed E-state index contributed by atoms with van der Waals surface area (Å²) in [6.45, 7) is 0.0657. The van der Waals surface area contributed by atoms with Gasteiger partial charge in [-0.2, -0.15) is 10.2 Å². The minimum Gasteiger partial charge on any atom is -0.494 e. The van der Waals surface area contributed by atoms with E-state index in [0.29, 0.717) is 5.56 Å². The van der Waals surface area contributed by atoms with Gasteiger partial charge in [0.2, 0.25) is 0 Å². The summed E-state index contributed by atoms with van der Waals surface area (Å²) < 4.78 is 33.8. The number of aromatic nitrogens is 2. The lowest BCUT2D eigenvalue weighted by molar-refractivity contribution is 0.387. The summed E-state index contributed by atoms with van der Waals surface area (Å²) in [4.78, 5) is 15.7. The minimum absolute atomic E-state index is 0.0657. The topological polar surface area (TPSA) is 67.9 Å². The third-order valence-corrected chi connectivity index (χ3v) is 3.65. The number of halogens is 2. The predicted octanol–water partition coefficient (Wildman–Crippen LogP) is 2.60. The molecule has 0 aliphatic carbocycles. The molecule has 1 aromatic heterocycles. The summed E-state index contributed by atoms with van der Waals surface area (Å²) in [7, 11) is 1.30. The van der Waals surface area contributed by atoms with E-state index in [2.05, 4.69) is 4.98 Å². The number of methoxy groups -OCH3 is 1. The molecule has 0 saturated carbocycles. The number of nitrogens with zero attached hydrogens (tertiary/aromatic N) is 3. The molecule has 0 aliphatic rings. The van der Waals surface area contributed by atoms with Crippen molar-refractivity contribution in [2.45, 2.75) is 6.54 Å². The molecular weight excluding hydrogens is 316 g/mol. The van der Waals surface area contributed by atoms with Crippen LogP contribution in [-0.4, -0.2) is 16.7 Å². The molecule has 7 heteroatoms. The number of ether oxygens (including phenoxy) is 1. The Morgan fingerprint density at radius 3 is 2.79 bits per heavy atom. The van der Waals surface area contributed by atoms with Crippen molar-refractivity contribution in [2.75, 3.05) is 7.11 Å². The summed E-state index contributed by atoms with van der Waals surface area (Å²) in [5.41, 5.74) is 0.443. The molecule has 3 rings (SSSR count). The summed E-state index contributed by atoms with van der Waals surface area (Å²) in [5, 5.41) is 9.31. The van der Waals surface area contributed by atoms with Gasteiger partial charge < -0.3 is 9.30 Å². The number of nitriles is 1. The molecule has 0 aliphatic heterocycles. The highest BCUT2D eigenvalue weighted by molar-refractivity contribution is 5.80. The third-order valence-electron chi connectivity index (χ3n) is 3.65. The zero-order chi connectivity index (χ0) is 17.3. The van der Waals surface area contributed by atoms with Gasteiger partial charge in [0, 0.05) is 6.07 Å². The maximum absolute atomic E-state index is 14.0. The summed E-state index contributed by atoms with van der Waals surface area (Å²) in [6.07, 6.45) is 1.24. The van der Waals surface area contributed by atoms with E-state index in [1.807, 2.05) is 6.07 Å². The molecule has 0 unspecified atom stereocenters. The highest BCUT2D eigenvalue weighted by atomic mass is 19.1. The Morgan fingerprint density at radius 2 is 2.08 bits per heavy atom. The van der Waals surface area contributed by atoms with E-state index in [-0.39, 0.29) is 28.8 Å². The van der Waals surface area contributed by atoms with Gasteiger partial charge in [0.05, 0.1) is 42.5 Å². The fraction of sp³-hybridized carbons (Fsp3) is 0.118. The lowest BCUT2D eigenvalue weighted by Gasteiger charge is -2.12. The van der Waals surface area contributed by atoms with Crippen LogP contribution < -0.4 is 10.3 Å². The fourth-order valence-corrected chi connectivity index (χ4v) is 2.47. The van der Waals surface area contributed by atoms with Crippen LogP contribution >= 0.6 is 0 Å². The Balaban J connectivity index is 2.20. The van der Waals surface area contributed by atoms with E-state index >= 15 is 0 Å². The average Bonchev–Trinajstić information content (AvgIpc) is 2.57. The van der Waals surface area contributed by atoms with Gasteiger partial charge in [-0.1, -0.05) is 0 Å². The van der Waals surface area contributed by atoms with Gasteiger partial charge in [-0.05, 0) is 29.8 Å². The van der Waals surface area contributed by atoms with Crippen molar-refractivity contribution in [3.63, 3.8) is 0 Å². The molecule has 2 aromatic carbocycles. The van der Waals surface area contributed by atoms with Crippen LogP contribution in [0.5, 0.6) is 5.75 Å². The van der Waals surface area contributed by atoms with Crippen molar-refractivity contribution >= 4 is 10.9 Å². The van der Waals surface area contributed by atoms with E-state index in [1.165, 1.54) is 42.3 Å². The van der Waals surface area contributed by atoms with Crippen LogP contribution in [0.3, 0.4) is 0 Å². The SMILES string of the molecule is COc1cc2c(=O)ncn(Cc3cc(F)ccc3C#N)c2cc1F. The van der Waals surface area contributed by atoms with Gasteiger partial charge in [-0.25, -0.2) is 8.78 Å². The molecule has 0 spiro atoms. The number of hydrogen-bond donors (Lipinski definition) is 0. The summed E-state index contributed by atoms with van der Waals surface area (Å²) in [5.74, 6) is -1.19. The van der Waals surface area contributed by atoms with Gasteiger partial charge in [-0.3, -0.25) is 4.79 Å². The molecule has 24 heavy (non-hydrogen) atoms. The largest absolute Gasteiger partial charge is 0.494 e. The lowest BCUT2D eigenvalue weighted by atomic mass is 10.1. The minimum atomic E-state index is -0.635. The van der Waals surface area contributed by atoms with Crippen molar-refractivity contribution in [3.8, 4) is 11.8 Å². The molecule has 120 valence electrons. The van der Waals surface area contributed by atoms with Gasteiger partial charge in [-0.15, -0.1) is 0 Å². The molecule has 3 aromatic rings. The van der Waals surface area contributed by atoms with Gasteiger partial charge >= 0.3 is 0 Å². The first-order valence-electron chi connectivity index (χ1n) is 6.94. The molecule has 0 bridgehead atoms. The van der Waals surface area contributed by atoms with Crippen molar-refractivity contribution in [1.29, 1.82) is 5.26 Å². The highest BCUT2D eigenvalue weighted by Gasteiger charge is 2.12. The number of fused-ring (bicyclic) bond motifs is 1. The molecule has 0 saturated heterocycles. The Kier molecular flexibility index (Phi) is 3.96. The Hall–Kier alpha value is -3.27. The number of hydrogen-bond acceptors (Lipinski definition) is 4. The number of benzene rings is 2. The average molecular weight is 327 g/mol. The smallest absolute Gasteiger partial charge is 0.280 e. The molecule has 0 atom stereocenters. The monoisotopic (exact) mass is 327 g/mol. The van der Waals surface area contributed by atoms with Gasteiger partial charge in [0.25, 0.3) is 5.56 Å². The van der Waals surface area contributed by atoms with Crippen molar-refractivity contribution in [2.24, 2.45) is 0 Å². The second kappa shape index (κ2) is 6.08. The Bertz CT molecular complexity index is 1040. The van der Waals surface area contributed by atoms with Crippen molar-refractivity contribution in [1.82, 2.24) is 9.55 Å². The molecule has 5 nitrogen and oxygen atoms in total. The summed E-state index contributed by atoms with van der Waals surface area (Å²) >= 11 is 0.